The van der Waals surface area contributed by atoms with Crippen molar-refractivity contribution in [2.45, 2.75) is 19.4 Å². The van der Waals surface area contributed by atoms with Crippen molar-refractivity contribution in [1.82, 2.24) is 4.90 Å². The number of benzene rings is 1. The topological polar surface area (TPSA) is 72.3 Å². The number of carbonyl (C=O) groups excluding carboxylic acids is 1. The Hall–Kier alpha value is -1.46. The van der Waals surface area contributed by atoms with E-state index in [4.69, 9.17) is 11.5 Å². The number of hydrogen-bond acceptors (Lipinski definition) is 3. The summed E-state index contributed by atoms with van der Waals surface area (Å²) >= 11 is 0. The maximum atomic E-state index is 13.9. The molecular weight excluding hydrogens is 245 g/mol. The van der Waals surface area contributed by atoms with E-state index in [-0.39, 0.29) is 11.4 Å². The van der Waals surface area contributed by atoms with E-state index in [9.17, 15) is 9.18 Å². The Kier molecular flexibility index (Phi) is 4.50. The third-order valence-electron chi connectivity index (χ3n) is 3.67. The summed E-state index contributed by atoms with van der Waals surface area (Å²) in [5.41, 5.74) is 11.6. The highest BCUT2D eigenvalue weighted by Gasteiger charge is 2.19. The summed E-state index contributed by atoms with van der Waals surface area (Å²) < 4.78 is 13.9. The largest absolute Gasteiger partial charge is 0.366 e. The van der Waals surface area contributed by atoms with Gasteiger partial charge in [-0.05, 0) is 44.0 Å². The molecule has 0 bridgehead atoms. The van der Waals surface area contributed by atoms with Gasteiger partial charge in [0.1, 0.15) is 5.82 Å². The van der Waals surface area contributed by atoms with Crippen molar-refractivity contribution in [2.75, 3.05) is 19.6 Å². The molecule has 0 radical (unpaired) electrons. The summed E-state index contributed by atoms with van der Waals surface area (Å²) in [5, 5.41) is 0. The number of nitrogens with two attached hydrogens (primary N) is 2. The summed E-state index contributed by atoms with van der Waals surface area (Å²) in [6.45, 7) is 3.11. The number of halogens is 1. The maximum absolute atomic E-state index is 13.9. The Balaban J connectivity index is 2.04. The van der Waals surface area contributed by atoms with E-state index >= 15 is 0 Å². The molecule has 5 heteroatoms. The zero-order valence-electron chi connectivity index (χ0n) is 10.9. The van der Waals surface area contributed by atoms with Crippen LogP contribution < -0.4 is 11.5 Å². The first-order valence-electron chi connectivity index (χ1n) is 6.61. The molecule has 1 unspecified atom stereocenters. The summed E-state index contributed by atoms with van der Waals surface area (Å²) in [6.07, 6.45) is 2.25. The van der Waals surface area contributed by atoms with Gasteiger partial charge in [-0.3, -0.25) is 9.69 Å². The van der Waals surface area contributed by atoms with Crippen LogP contribution in [-0.2, 0) is 6.54 Å². The van der Waals surface area contributed by atoms with E-state index in [0.717, 1.165) is 25.9 Å². The van der Waals surface area contributed by atoms with Crippen molar-refractivity contribution in [3.63, 3.8) is 0 Å². The average Bonchev–Trinajstić information content (AvgIpc) is 2.41. The first-order chi connectivity index (χ1) is 9.10. The van der Waals surface area contributed by atoms with Crippen LogP contribution in [0, 0.1) is 11.7 Å². The lowest BCUT2D eigenvalue weighted by molar-refractivity contribution is 0.0999. The standard InChI is InChI=1S/C14H20FN3O/c15-13-6-11(14(17)19)3-4-12(13)9-18-5-1-2-10(7-16)8-18/h3-4,6,10H,1-2,5,7-9,16H2,(H2,17,19). The van der Waals surface area contributed by atoms with E-state index < -0.39 is 5.91 Å². The molecule has 1 aliphatic heterocycles. The van der Waals surface area contributed by atoms with Crippen LogP contribution in [0.5, 0.6) is 0 Å². The Labute approximate surface area is 112 Å². The molecule has 1 amide bonds. The molecule has 0 aliphatic carbocycles. The van der Waals surface area contributed by atoms with Crippen LogP contribution in [0.2, 0.25) is 0 Å². The SMILES string of the molecule is NCC1CCCN(Cc2ccc(C(N)=O)cc2F)C1. The number of piperidine rings is 1. The van der Waals surface area contributed by atoms with Gasteiger partial charge in [-0.15, -0.1) is 0 Å². The third-order valence-corrected chi connectivity index (χ3v) is 3.67. The van der Waals surface area contributed by atoms with Crippen molar-refractivity contribution in [2.24, 2.45) is 17.4 Å². The van der Waals surface area contributed by atoms with Gasteiger partial charge < -0.3 is 11.5 Å². The minimum absolute atomic E-state index is 0.208. The van der Waals surface area contributed by atoms with Gasteiger partial charge in [0.2, 0.25) is 5.91 Å². The van der Waals surface area contributed by atoms with Crippen LogP contribution in [0.3, 0.4) is 0 Å². The second kappa shape index (κ2) is 6.12. The normalized spacial score (nSPS) is 20.4. The minimum Gasteiger partial charge on any atom is -0.366 e. The Bertz CT molecular complexity index is 464. The van der Waals surface area contributed by atoms with E-state index in [1.54, 1.807) is 12.1 Å². The first-order valence-corrected chi connectivity index (χ1v) is 6.61. The van der Waals surface area contributed by atoms with Crippen molar-refractivity contribution in [3.8, 4) is 0 Å². The lowest BCUT2D eigenvalue weighted by atomic mass is 9.97. The molecule has 1 atom stereocenters. The van der Waals surface area contributed by atoms with Gasteiger partial charge in [0.05, 0.1) is 0 Å². The number of hydrogen-bond donors (Lipinski definition) is 2. The average molecular weight is 265 g/mol. The molecule has 0 spiro atoms. The number of nitrogens with zero attached hydrogens (tertiary/aromatic N) is 1. The lowest BCUT2D eigenvalue weighted by Crippen LogP contribution is -2.38. The van der Waals surface area contributed by atoms with Crippen LogP contribution in [0.25, 0.3) is 0 Å². The van der Waals surface area contributed by atoms with Crippen molar-refractivity contribution in [1.29, 1.82) is 0 Å². The van der Waals surface area contributed by atoms with Gasteiger partial charge in [-0.25, -0.2) is 4.39 Å². The summed E-state index contributed by atoms with van der Waals surface area (Å²) in [6, 6.07) is 4.43. The van der Waals surface area contributed by atoms with Crippen molar-refractivity contribution < 1.29 is 9.18 Å². The van der Waals surface area contributed by atoms with Gasteiger partial charge in [-0.1, -0.05) is 6.07 Å². The molecule has 4 nitrogen and oxygen atoms in total. The predicted octanol–water partition coefficient (Wildman–Crippen LogP) is 1.10. The Morgan fingerprint density at radius 2 is 2.26 bits per heavy atom. The lowest BCUT2D eigenvalue weighted by Gasteiger charge is -2.32. The van der Waals surface area contributed by atoms with Crippen LogP contribution in [0.4, 0.5) is 4.39 Å². The third kappa shape index (κ3) is 3.52. The van der Waals surface area contributed by atoms with Crippen molar-refractivity contribution in [3.05, 3.63) is 35.1 Å². The van der Waals surface area contributed by atoms with Crippen LogP contribution in [-0.4, -0.2) is 30.4 Å². The molecule has 4 N–H and O–H groups in total. The first kappa shape index (κ1) is 14.0. The summed E-state index contributed by atoms with van der Waals surface area (Å²) in [7, 11) is 0. The number of amides is 1. The molecule has 2 rings (SSSR count). The minimum atomic E-state index is -0.605. The predicted molar refractivity (Wildman–Crippen MR) is 72.0 cm³/mol. The van der Waals surface area contributed by atoms with Crippen LogP contribution in [0.15, 0.2) is 18.2 Å². The number of likely N-dealkylation sites (tertiary alicyclic amines) is 1. The molecular formula is C14H20FN3O. The summed E-state index contributed by atoms with van der Waals surface area (Å²) in [4.78, 5) is 13.2. The van der Waals surface area contributed by atoms with Gasteiger partial charge in [-0.2, -0.15) is 0 Å². The Morgan fingerprint density at radius 1 is 1.47 bits per heavy atom. The molecule has 104 valence electrons. The van der Waals surface area contributed by atoms with Crippen LogP contribution >= 0.6 is 0 Å². The number of rotatable bonds is 4. The quantitative estimate of drug-likeness (QED) is 0.856. The van der Waals surface area contributed by atoms with Crippen LogP contribution in [0.1, 0.15) is 28.8 Å². The maximum Gasteiger partial charge on any atom is 0.248 e. The van der Waals surface area contributed by atoms with Crippen molar-refractivity contribution >= 4 is 5.91 Å². The second-order valence-electron chi connectivity index (χ2n) is 5.15. The molecule has 1 heterocycles. The van der Waals surface area contributed by atoms with Gasteiger partial charge in [0, 0.05) is 24.2 Å². The molecule has 1 fully saturated rings. The smallest absolute Gasteiger partial charge is 0.248 e. The highest BCUT2D eigenvalue weighted by atomic mass is 19.1. The molecule has 1 aliphatic rings. The van der Waals surface area contributed by atoms with Gasteiger partial charge >= 0.3 is 0 Å². The number of primary amides is 1. The molecule has 1 saturated heterocycles. The molecule has 1 aromatic rings. The zero-order chi connectivity index (χ0) is 13.8. The molecule has 19 heavy (non-hydrogen) atoms. The molecule has 1 aromatic carbocycles. The fourth-order valence-electron chi connectivity index (χ4n) is 2.56. The monoisotopic (exact) mass is 265 g/mol. The fourth-order valence-corrected chi connectivity index (χ4v) is 2.56. The van der Waals surface area contributed by atoms with E-state index in [2.05, 4.69) is 4.90 Å². The van der Waals surface area contributed by atoms with E-state index in [1.807, 2.05) is 0 Å². The Morgan fingerprint density at radius 3 is 2.89 bits per heavy atom. The zero-order valence-corrected chi connectivity index (χ0v) is 10.9. The number of carbonyl (C=O) groups is 1. The van der Waals surface area contributed by atoms with Gasteiger partial charge in [0.25, 0.3) is 0 Å². The second-order valence-corrected chi connectivity index (χ2v) is 5.15. The molecule has 0 saturated carbocycles. The summed E-state index contributed by atoms with van der Waals surface area (Å²) in [5.74, 6) is -0.473. The fraction of sp³-hybridized carbons (Fsp3) is 0.500. The van der Waals surface area contributed by atoms with E-state index in [1.165, 1.54) is 6.07 Å². The van der Waals surface area contributed by atoms with E-state index in [0.29, 0.717) is 24.6 Å². The van der Waals surface area contributed by atoms with Gasteiger partial charge in [0.15, 0.2) is 0 Å². The highest BCUT2D eigenvalue weighted by molar-refractivity contribution is 5.92. The molecule has 0 aromatic heterocycles. The highest BCUT2D eigenvalue weighted by Crippen LogP contribution is 2.19.